The van der Waals surface area contributed by atoms with Gasteiger partial charge in [-0.15, -0.1) is 0 Å². The third-order valence-corrected chi connectivity index (χ3v) is 25.2. The second-order valence-electron chi connectivity index (χ2n) is 22.1. The molecule has 342 valence electrons. The van der Waals surface area contributed by atoms with Gasteiger partial charge in [-0.3, -0.25) is 0 Å². The van der Waals surface area contributed by atoms with Gasteiger partial charge in [-0.1, -0.05) is 245 Å². The lowest BCUT2D eigenvalue weighted by Crippen LogP contribution is -2.50. The summed E-state index contributed by atoms with van der Waals surface area (Å²) in [5.74, 6) is 0. The Balaban J connectivity index is 1.10. The van der Waals surface area contributed by atoms with Crippen LogP contribution in [0.2, 0.25) is 26.2 Å². The molecule has 0 nitrogen and oxygen atoms in total. The first-order chi connectivity index (χ1) is 35.8. The first-order valence-corrected chi connectivity index (χ1v) is 32.1. The van der Waals surface area contributed by atoms with E-state index in [2.05, 4.69) is 257 Å². The Morgan fingerprint density at radius 3 is 1.16 bits per heavy atom. The van der Waals surface area contributed by atoms with Crippen LogP contribution in [0.5, 0.6) is 0 Å². The summed E-state index contributed by atoms with van der Waals surface area (Å²) in [5.41, 5.74) is 23.9. The van der Waals surface area contributed by atoms with Gasteiger partial charge in [0.2, 0.25) is 0 Å². The summed E-state index contributed by atoms with van der Waals surface area (Å²) in [5, 5.41) is 13.9. The Hall–Kier alpha value is -8.15. The molecule has 12 aromatic carbocycles. The lowest BCUT2D eigenvalue weighted by molar-refractivity contribution is 0.796. The minimum absolute atomic E-state index is 0.550. The van der Waals surface area contributed by atoms with Crippen LogP contribution in [0.3, 0.4) is 0 Å². The molecular weight excluding hydrogens is 909 g/mol. The van der Waals surface area contributed by atoms with Gasteiger partial charge in [0.1, 0.15) is 16.1 Å². The van der Waals surface area contributed by atoms with E-state index >= 15 is 0 Å². The monoisotopic (exact) mass is 958 g/mol. The minimum Gasteiger partial charge on any atom is -0.0623 e. The molecule has 16 rings (SSSR count). The van der Waals surface area contributed by atoms with Gasteiger partial charge in [-0.2, -0.15) is 0 Å². The fraction of sp³-hybridized carbons (Fsp3) is 0.0704. The molecular formula is C71H50Si2. The summed E-state index contributed by atoms with van der Waals surface area (Å²) >= 11 is 0. The molecule has 0 unspecified atom stereocenters. The van der Waals surface area contributed by atoms with Crippen LogP contribution in [-0.2, 0) is 5.41 Å². The van der Waals surface area contributed by atoms with Crippen molar-refractivity contribution < 1.29 is 0 Å². The quantitative estimate of drug-likeness (QED) is 0.122. The molecule has 0 N–H and O–H groups in total. The molecule has 0 fully saturated rings. The molecule has 0 atom stereocenters. The SMILES string of the molecule is C[Si]1(C)c2ccccc2-c2cccc(-c3cccc4c(-c5cc6ccccc6c6c5C5(c7ccccc7-c7ccccc75)c5ccccc5-6)c5cccc(-c6cccc7c6[Si](C)(C)c6ccccc6-7)c5cc34)c21. The Morgan fingerprint density at radius 2 is 0.630 bits per heavy atom. The number of hydrogen-bond donors (Lipinski definition) is 0. The fourth-order valence-electron chi connectivity index (χ4n) is 15.2. The maximum atomic E-state index is 2.61. The zero-order chi connectivity index (χ0) is 48.5. The molecule has 0 saturated carbocycles. The van der Waals surface area contributed by atoms with Gasteiger partial charge in [0.15, 0.2) is 0 Å². The van der Waals surface area contributed by atoms with Crippen LogP contribution in [-0.4, -0.2) is 16.1 Å². The zero-order valence-electron chi connectivity index (χ0n) is 41.4. The van der Waals surface area contributed by atoms with Gasteiger partial charge < -0.3 is 0 Å². The molecule has 0 amide bonds. The largest absolute Gasteiger partial charge is 0.114 e. The van der Waals surface area contributed by atoms with Crippen molar-refractivity contribution in [2.24, 2.45) is 0 Å². The smallest absolute Gasteiger partial charge is 0.0623 e. The van der Waals surface area contributed by atoms with Gasteiger partial charge in [0.05, 0.1) is 5.41 Å². The summed E-state index contributed by atoms with van der Waals surface area (Å²) < 4.78 is 0. The Labute approximate surface area is 428 Å². The lowest BCUT2D eigenvalue weighted by Gasteiger charge is -2.33. The average Bonchev–Trinajstić information content (AvgIpc) is 4.20. The number of fused-ring (bicyclic) bond motifs is 20. The third-order valence-electron chi connectivity index (χ3n) is 18.0. The predicted octanol–water partition coefficient (Wildman–Crippen LogP) is 16.1. The summed E-state index contributed by atoms with van der Waals surface area (Å²) in [4.78, 5) is 0. The van der Waals surface area contributed by atoms with Crippen LogP contribution in [0.15, 0.2) is 231 Å². The van der Waals surface area contributed by atoms with E-state index in [9.17, 15) is 0 Å². The summed E-state index contributed by atoms with van der Waals surface area (Å²) in [7, 11) is -4.23. The summed E-state index contributed by atoms with van der Waals surface area (Å²) in [6.45, 7) is 10.3. The molecule has 2 aliphatic carbocycles. The maximum absolute atomic E-state index is 2.61. The van der Waals surface area contributed by atoms with E-state index in [0.717, 1.165) is 0 Å². The van der Waals surface area contributed by atoms with Crippen LogP contribution in [0.1, 0.15) is 22.3 Å². The van der Waals surface area contributed by atoms with Crippen LogP contribution in [0, 0.1) is 0 Å². The van der Waals surface area contributed by atoms with E-state index in [1.54, 1.807) is 10.4 Å². The minimum atomic E-state index is -2.12. The van der Waals surface area contributed by atoms with E-state index in [0.29, 0.717) is 0 Å². The third kappa shape index (κ3) is 5.15. The Bertz CT molecular complexity index is 4240. The first kappa shape index (κ1) is 41.5. The van der Waals surface area contributed by atoms with Crippen LogP contribution < -0.4 is 20.7 Å². The van der Waals surface area contributed by atoms with E-state index in [-0.39, 0.29) is 0 Å². The molecule has 1 spiro atoms. The van der Waals surface area contributed by atoms with Crippen molar-refractivity contribution in [1.29, 1.82) is 0 Å². The fourth-order valence-corrected chi connectivity index (χ4v) is 22.2. The standard InChI is InChI=1S/C71H50Si2/c1-72(2)64-39-15-10-25-49(64)55-34-19-32-53(69(55)72)45-28-17-30-51-58(45)42-59-46(54-33-20-35-56-50-26-11-16-40-65(50)73(3,4)70(54)56)29-18-31-52(59)66(51)60-41-43-21-5-6-22-44(43)67-57-27-9-14-38-63(57)71(68(60)67)61-36-12-7-23-47(61)48-24-8-13-37-62(48)71/h5-42H,1-4H3. The van der Waals surface area contributed by atoms with Crippen molar-refractivity contribution in [2.75, 3.05) is 0 Å². The van der Waals surface area contributed by atoms with Crippen LogP contribution in [0.25, 0.3) is 110 Å². The molecule has 2 aliphatic heterocycles. The maximum Gasteiger partial charge on any atom is 0.114 e. The molecule has 2 heterocycles. The van der Waals surface area contributed by atoms with Gasteiger partial charge in [-0.05, 0) is 165 Å². The van der Waals surface area contributed by atoms with Crippen molar-refractivity contribution in [3.05, 3.63) is 253 Å². The van der Waals surface area contributed by atoms with Crippen LogP contribution >= 0.6 is 0 Å². The molecule has 0 radical (unpaired) electrons. The van der Waals surface area contributed by atoms with Crippen molar-refractivity contribution in [2.45, 2.75) is 31.6 Å². The second-order valence-corrected chi connectivity index (χ2v) is 30.7. The first-order valence-electron chi connectivity index (χ1n) is 26.1. The van der Waals surface area contributed by atoms with Gasteiger partial charge in [0.25, 0.3) is 0 Å². The topological polar surface area (TPSA) is 0 Å². The highest BCUT2D eigenvalue weighted by Crippen LogP contribution is 2.66. The predicted molar refractivity (Wildman–Crippen MR) is 316 cm³/mol. The van der Waals surface area contributed by atoms with Crippen molar-refractivity contribution in [3.63, 3.8) is 0 Å². The van der Waals surface area contributed by atoms with Gasteiger partial charge in [0, 0.05) is 0 Å². The van der Waals surface area contributed by atoms with Crippen molar-refractivity contribution in [1.82, 2.24) is 0 Å². The zero-order valence-corrected chi connectivity index (χ0v) is 43.4. The molecule has 4 aliphatic rings. The summed E-state index contributed by atoms with van der Waals surface area (Å²) in [6, 6.07) is 89.5. The molecule has 0 saturated heterocycles. The van der Waals surface area contributed by atoms with E-state index < -0.39 is 21.6 Å². The van der Waals surface area contributed by atoms with Gasteiger partial charge >= 0.3 is 0 Å². The molecule has 12 aromatic rings. The molecule has 0 bridgehead atoms. The summed E-state index contributed by atoms with van der Waals surface area (Å²) in [6.07, 6.45) is 0. The Morgan fingerprint density at radius 1 is 0.260 bits per heavy atom. The molecule has 2 heteroatoms. The second kappa shape index (κ2) is 14.5. The Kier molecular flexibility index (Phi) is 8.24. The van der Waals surface area contributed by atoms with Gasteiger partial charge in [-0.25, -0.2) is 0 Å². The number of hydrogen-bond acceptors (Lipinski definition) is 0. The highest BCUT2D eigenvalue weighted by molar-refractivity contribution is 7.05. The highest BCUT2D eigenvalue weighted by atomic mass is 28.3. The number of benzene rings is 12. The van der Waals surface area contributed by atoms with Crippen molar-refractivity contribution in [3.8, 4) is 77.9 Å². The number of rotatable bonds is 3. The van der Waals surface area contributed by atoms with E-state index in [1.807, 2.05) is 0 Å². The van der Waals surface area contributed by atoms with E-state index in [4.69, 9.17) is 0 Å². The molecule has 73 heavy (non-hydrogen) atoms. The highest BCUT2D eigenvalue weighted by Gasteiger charge is 2.53. The molecule has 0 aromatic heterocycles. The normalized spacial score (nSPS) is 15.2. The van der Waals surface area contributed by atoms with Crippen LogP contribution in [0.4, 0.5) is 0 Å². The van der Waals surface area contributed by atoms with E-state index in [1.165, 1.54) is 143 Å². The average molecular weight is 959 g/mol. The van der Waals surface area contributed by atoms with Crippen molar-refractivity contribution >= 4 is 69.2 Å². The lowest BCUT2D eigenvalue weighted by atomic mass is 9.68.